The molecule has 1 aliphatic rings. The fourth-order valence-corrected chi connectivity index (χ4v) is 3.16. The summed E-state index contributed by atoms with van der Waals surface area (Å²) in [7, 11) is 1.54. The molecule has 1 aliphatic heterocycles. The maximum absolute atomic E-state index is 13.5. The molecule has 6 heteroatoms. The van der Waals surface area contributed by atoms with Gasteiger partial charge in [0.2, 0.25) is 0 Å². The third-order valence-corrected chi connectivity index (χ3v) is 4.37. The van der Waals surface area contributed by atoms with Crippen molar-refractivity contribution in [3.05, 3.63) is 59.4 Å². The number of amides is 2. The lowest BCUT2D eigenvalue weighted by Crippen LogP contribution is -2.35. The number of hydrogen-bond acceptors (Lipinski definition) is 3. The van der Waals surface area contributed by atoms with Crippen molar-refractivity contribution in [1.82, 2.24) is 4.90 Å². The van der Waals surface area contributed by atoms with Crippen molar-refractivity contribution in [2.75, 3.05) is 19.0 Å². The molecule has 0 saturated carbocycles. The number of nitrogens with zero attached hydrogens (tertiary/aromatic N) is 1. The van der Waals surface area contributed by atoms with Crippen LogP contribution in [-0.2, 0) is 0 Å². The van der Waals surface area contributed by atoms with E-state index in [1.54, 1.807) is 25.3 Å². The SMILES string of the molecule is COc1cc(C)ccc1NC(=O)N1C[C@H](O)C[C@@H]1c1cccc(F)c1. The van der Waals surface area contributed by atoms with Gasteiger partial charge in [-0.1, -0.05) is 18.2 Å². The number of ether oxygens (including phenoxy) is 1. The number of hydrogen-bond donors (Lipinski definition) is 2. The van der Waals surface area contributed by atoms with Crippen molar-refractivity contribution in [2.45, 2.75) is 25.5 Å². The zero-order valence-electron chi connectivity index (χ0n) is 14.2. The highest BCUT2D eigenvalue weighted by molar-refractivity contribution is 5.91. The van der Waals surface area contributed by atoms with Crippen molar-refractivity contribution < 1.29 is 19.0 Å². The van der Waals surface area contributed by atoms with Crippen molar-refractivity contribution in [2.24, 2.45) is 0 Å². The minimum atomic E-state index is -0.640. The zero-order chi connectivity index (χ0) is 18.0. The Labute approximate surface area is 146 Å². The lowest BCUT2D eigenvalue weighted by atomic mass is 10.0. The molecule has 0 aromatic heterocycles. The Balaban J connectivity index is 1.83. The predicted molar refractivity (Wildman–Crippen MR) is 93.2 cm³/mol. The summed E-state index contributed by atoms with van der Waals surface area (Å²) < 4.78 is 18.8. The summed E-state index contributed by atoms with van der Waals surface area (Å²) in [5.74, 6) is 0.204. The van der Waals surface area contributed by atoms with Crippen LogP contribution in [0.15, 0.2) is 42.5 Å². The Morgan fingerprint density at radius 2 is 2.12 bits per heavy atom. The molecule has 3 rings (SSSR count). The number of halogens is 1. The molecule has 1 fully saturated rings. The van der Waals surface area contributed by atoms with Crippen molar-refractivity contribution in [1.29, 1.82) is 0 Å². The molecule has 2 amide bonds. The van der Waals surface area contributed by atoms with Gasteiger partial charge < -0.3 is 20.1 Å². The Bertz CT molecular complexity index is 781. The number of nitrogens with one attached hydrogen (secondary N) is 1. The number of carbonyl (C=O) groups excluding carboxylic acids is 1. The average molecular weight is 344 g/mol. The number of urea groups is 1. The largest absolute Gasteiger partial charge is 0.495 e. The molecule has 0 aliphatic carbocycles. The van der Waals surface area contributed by atoms with E-state index < -0.39 is 6.10 Å². The normalized spacial score (nSPS) is 19.8. The van der Waals surface area contributed by atoms with Gasteiger partial charge in [-0.05, 0) is 48.7 Å². The number of anilines is 1. The average Bonchev–Trinajstić information content (AvgIpc) is 2.98. The van der Waals surface area contributed by atoms with Crippen molar-refractivity contribution >= 4 is 11.7 Å². The minimum Gasteiger partial charge on any atom is -0.495 e. The monoisotopic (exact) mass is 344 g/mol. The number of aliphatic hydroxyl groups is 1. The van der Waals surface area contributed by atoms with Crippen LogP contribution >= 0.6 is 0 Å². The number of likely N-dealkylation sites (tertiary alicyclic amines) is 1. The van der Waals surface area contributed by atoms with Crippen LogP contribution in [0.4, 0.5) is 14.9 Å². The van der Waals surface area contributed by atoms with Gasteiger partial charge in [-0.3, -0.25) is 0 Å². The van der Waals surface area contributed by atoms with Gasteiger partial charge in [-0.15, -0.1) is 0 Å². The summed E-state index contributed by atoms with van der Waals surface area (Å²) in [6, 6.07) is 10.9. The first-order chi connectivity index (χ1) is 12.0. The smallest absolute Gasteiger partial charge is 0.322 e. The molecule has 2 N–H and O–H groups in total. The second-order valence-corrected chi connectivity index (χ2v) is 6.25. The topological polar surface area (TPSA) is 61.8 Å². The summed E-state index contributed by atoms with van der Waals surface area (Å²) in [6.07, 6.45) is -0.263. The highest BCUT2D eigenvalue weighted by atomic mass is 19.1. The van der Waals surface area contributed by atoms with E-state index in [0.29, 0.717) is 23.4 Å². The van der Waals surface area contributed by atoms with Crippen molar-refractivity contribution in [3.8, 4) is 5.75 Å². The van der Waals surface area contributed by atoms with Gasteiger partial charge in [-0.2, -0.15) is 0 Å². The van der Waals surface area contributed by atoms with E-state index in [2.05, 4.69) is 5.32 Å². The zero-order valence-corrected chi connectivity index (χ0v) is 14.2. The summed E-state index contributed by atoms with van der Waals surface area (Å²) in [5, 5.41) is 12.8. The molecule has 2 atom stereocenters. The maximum atomic E-state index is 13.5. The highest BCUT2D eigenvalue weighted by Gasteiger charge is 2.35. The predicted octanol–water partition coefficient (Wildman–Crippen LogP) is 3.48. The minimum absolute atomic E-state index is 0.196. The molecule has 1 saturated heterocycles. The summed E-state index contributed by atoms with van der Waals surface area (Å²) >= 11 is 0. The van der Waals surface area contributed by atoms with E-state index in [4.69, 9.17) is 4.74 Å². The van der Waals surface area contributed by atoms with Gasteiger partial charge in [0.05, 0.1) is 24.9 Å². The maximum Gasteiger partial charge on any atom is 0.322 e. The lowest BCUT2D eigenvalue weighted by molar-refractivity contribution is 0.175. The van der Waals surface area contributed by atoms with Crippen LogP contribution in [0, 0.1) is 12.7 Å². The second kappa shape index (κ2) is 7.11. The van der Waals surface area contributed by atoms with E-state index in [1.165, 1.54) is 17.0 Å². The van der Waals surface area contributed by atoms with Gasteiger partial charge in [0, 0.05) is 6.54 Å². The molecule has 25 heavy (non-hydrogen) atoms. The third-order valence-electron chi connectivity index (χ3n) is 4.37. The van der Waals surface area contributed by atoms with E-state index >= 15 is 0 Å². The Kier molecular flexibility index (Phi) is 4.90. The Morgan fingerprint density at radius 1 is 1.32 bits per heavy atom. The number of rotatable bonds is 3. The van der Waals surface area contributed by atoms with Gasteiger partial charge >= 0.3 is 6.03 Å². The van der Waals surface area contributed by atoms with Crippen LogP contribution in [0.1, 0.15) is 23.6 Å². The first-order valence-corrected chi connectivity index (χ1v) is 8.13. The number of benzene rings is 2. The second-order valence-electron chi connectivity index (χ2n) is 6.25. The van der Waals surface area contributed by atoms with Crippen LogP contribution in [-0.4, -0.2) is 35.8 Å². The standard InChI is InChI=1S/C19H21FN2O3/c1-12-6-7-16(18(8-12)25-2)21-19(24)22-11-15(23)10-17(22)13-4-3-5-14(20)9-13/h3-9,15,17,23H,10-11H2,1-2H3,(H,21,24)/t15-,17-/m1/s1. The summed E-state index contributed by atoms with van der Waals surface area (Å²) in [4.78, 5) is 14.3. The number of methoxy groups -OCH3 is 1. The van der Waals surface area contributed by atoms with Crippen LogP contribution in [0.2, 0.25) is 0 Å². The van der Waals surface area contributed by atoms with Gasteiger partial charge in [0.25, 0.3) is 0 Å². The molecule has 5 nitrogen and oxygen atoms in total. The first-order valence-electron chi connectivity index (χ1n) is 8.13. The van der Waals surface area contributed by atoms with E-state index in [0.717, 1.165) is 5.56 Å². The van der Waals surface area contributed by atoms with Crippen LogP contribution in [0.25, 0.3) is 0 Å². The van der Waals surface area contributed by atoms with Crippen molar-refractivity contribution in [3.63, 3.8) is 0 Å². The molecule has 1 heterocycles. The summed E-state index contributed by atoms with van der Waals surface area (Å²) in [6.45, 7) is 2.13. The number of aliphatic hydroxyl groups excluding tert-OH is 1. The molecule has 132 valence electrons. The molecule has 2 aromatic rings. The Morgan fingerprint density at radius 3 is 2.84 bits per heavy atom. The molecule has 0 radical (unpaired) electrons. The first kappa shape index (κ1) is 17.2. The molecule has 0 spiro atoms. The summed E-state index contributed by atoms with van der Waals surface area (Å²) in [5.41, 5.74) is 2.24. The Hall–Kier alpha value is -2.60. The molecular formula is C19H21FN2O3. The number of carbonyl (C=O) groups is 1. The van der Waals surface area contributed by atoms with E-state index in [-0.39, 0.29) is 24.4 Å². The van der Waals surface area contributed by atoms with Crippen LogP contribution in [0.5, 0.6) is 5.75 Å². The third kappa shape index (κ3) is 3.74. The highest BCUT2D eigenvalue weighted by Crippen LogP contribution is 2.34. The molecular weight excluding hydrogens is 323 g/mol. The van der Waals surface area contributed by atoms with Crippen LogP contribution in [0.3, 0.4) is 0 Å². The van der Waals surface area contributed by atoms with E-state index in [9.17, 15) is 14.3 Å². The lowest BCUT2D eigenvalue weighted by Gasteiger charge is -2.25. The molecule has 2 aromatic carbocycles. The molecule has 0 unspecified atom stereocenters. The fourth-order valence-electron chi connectivity index (χ4n) is 3.16. The number of β-amino-alcohol motifs (C(OH)–C–C–N with tert-alkyl or cyclic N) is 1. The fraction of sp³-hybridized carbons (Fsp3) is 0.316. The quantitative estimate of drug-likeness (QED) is 0.896. The van der Waals surface area contributed by atoms with Gasteiger partial charge in [-0.25, -0.2) is 9.18 Å². The van der Waals surface area contributed by atoms with Gasteiger partial charge in [0.1, 0.15) is 11.6 Å². The van der Waals surface area contributed by atoms with E-state index in [1.807, 2.05) is 19.1 Å². The van der Waals surface area contributed by atoms with Gasteiger partial charge in [0.15, 0.2) is 0 Å². The molecule has 0 bridgehead atoms. The number of aryl methyl sites for hydroxylation is 1. The van der Waals surface area contributed by atoms with Crippen LogP contribution < -0.4 is 10.1 Å².